The molecule has 0 aromatic heterocycles. The smallest absolute Gasteiger partial charge is 0.264 e. The number of rotatable bonds is 5. The summed E-state index contributed by atoms with van der Waals surface area (Å²) in [5, 5.41) is 9.60. The molecule has 2 aromatic rings. The summed E-state index contributed by atoms with van der Waals surface area (Å²) < 4.78 is 22.9. The van der Waals surface area contributed by atoms with Gasteiger partial charge in [0.25, 0.3) is 5.91 Å². The van der Waals surface area contributed by atoms with Crippen LogP contribution in [0.3, 0.4) is 0 Å². The summed E-state index contributed by atoms with van der Waals surface area (Å²) in [6, 6.07) is 15.8. The Balaban J connectivity index is 1.83. The lowest BCUT2D eigenvalue weighted by Crippen LogP contribution is -2.45. The van der Waals surface area contributed by atoms with Crippen LogP contribution in [0.5, 0.6) is 0 Å². The predicted octanol–water partition coefficient (Wildman–Crippen LogP) is 5.00. The van der Waals surface area contributed by atoms with Gasteiger partial charge in [0.2, 0.25) is 8.41 Å². The molecule has 7 heteroatoms. The van der Waals surface area contributed by atoms with Crippen molar-refractivity contribution < 1.29 is 18.7 Å². The molecule has 2 aliphatic heterocycles. The Morgan fingerprint density at radius 3 is 2.57 bits per heavy atom. The van der Waals surface area contributed by atoms with Crippen molar-refractivity contribution in [3.8, 4) is 0 Å². The Hall–Kier alpha value is -1.29. The topological polar surface area (TPSA) is 49.8 Å². The van der Waals surface area contributed by atoms with Crippen LogP contribution in [0.2, 0.25) is 18.6 Å². The van der Waals surface area contributed by atoms with Gasteiger partial charge in [0.1, 0.15) is 0 Å². The molecule has 0 bridgehead atoms. The molecule has 0 saturated carbocycles. The zero-order valence-electron chi connectivity index (χ0n) is 17.4. The van der Waals surface area contributed by atoms with Gasteiger partial charge < -0.3 is 18.9 Å². The number of nitrogens with zero attached hydrogens (tertiary/aromatic N) is 1. The van der Waals surface area contributed by atoms with Crippen molar-refractivity contribution in [3.05, 3.63) is 63.2 Å². The normalized spacial score (nSPS) is 28.4. The van der Waals surface area contributed by atoms with Crippen LogP contribution in [0.1, 0.15) is 24.5 Å². The lowest BCUT2D eigenvalue weighted by molar-refractivity contribution is -0.146. The van der Waals surface area contributed by atoms with E-state index in [1.165, 1.54) is 0 Å². The van der Waals surface area contributed by atoms with Gasteiger partial charge in [-0.1, -0.05) is 37.3 Å². The van der Waals surface area contributed by atoms with Gasteiger partial charge in [0.15, 0.2) is 5.60 Å². The Bertz CT molecular complexity index is 951. The number of amides is 1. The fourth-order valence-electron chi connectivity index (χ4n) is 5.34. The molecular formula is C23H27FINO3Si. The van der Waals surface area contributed by atoms with Crippen LogP contribution in [0.15, 0.2) is 48.5 Å². The summed E-state index contributed by atoms with van der Waals surface area (Å²) in [6.45, 7) is 5.66. The molecule has 0 aliphatic carbocycles. The summed E-state index contributed by atoms with van der Waals surface area (Å²) in [6.07, 6.45) is -0.134. The molecule has 2 aromatic carbocycles. The summed E-state index contributed by atoms with van der Waals surface area (Å²) in [4.78, 5) is 15.7. The van der Waals surface area contributed by atoms with E-state index in [1.807, 2.05) is 55.5 Å². The van der Waals surface area contributed by atoms with E-state index in [-0.39, 0.29) is 24.0 Å². The zero-order chi connectivity index (χ0) is 21.7. The van der Waals surface area contributed by atoms with Gasteiger partial charge in [0.05, 0.1) is 18.3 Å². The van der Waals surface area contributed by atoms with E-state index in [4.69, 9.17) is 4.74 Å². The highest BCUT2D eigenvalue weighted by Crippen LogP contribution is 2.60. The van der Waals surface area contributed by atoms with Crippen LogP contribution in [-0.2, 0) is 21.7 Å². The van der Waals surface area contributed by atoms with E-state index >= 15 is 4.11 Å². The molecule has 4 atom stereocenters. The van der Waals surface area contributed by atoms with E-state index in [0.717, 1.165) is 20.4 Å². The van der Waals surface area contributed by atoms with Gasteiger partial charge in [-0.05, 0) is 65.9 Å². The molecule has 1 fully saturated rings. The zero-order valence-corrected chi connectivity index (χ0v) is 20.6. The molecule has 30 heavy (non-hydrogen) atoms. The first-order valence-electron chi connectivity index (χ1n) is 10.3. The second-order valence-electron chi connectivity index (χ2n) is 8.82. The first kappa shape index (κ1) is 21.9. The molecule has 0 radical (unpaired) electrons. The quantitative estimate of drug-likeness (QED) is 0.331. The molecular weight excluding hydrogens is 512 g/mol. The summed E-state index contributed by atoms with van der Waals surface area (Å²) in [5.41, 5.74) is 1.12. The van der Waals surface area contributed by atoms with Crippen molar-refractivity contribution >= 4 is 42.6 Å². The third-order valence-corrected chi connectivity index (χ3v) is 9.65. The average molecular weight is 539 g/mol. The monoisotopic (exact) mass is 539 g/mol. The molecule has 1 spiro atoms. The van der Waals surface area contributed by atoms with Crippen molar-refractivity contribution in [2.24, 2.45) is 5.92 Å². The fraction of sp³-hybridized carbons (Fsp3) is 0.435. The van der Waals surface area contributed by atoms with Crippen molar-refractivity contribution in [2.45, 2.75) is 50.2 Å². The largest absolute Gasteiger partial charge is 0.396 e. The van der Waals surface area contributed by atoms with Crippen molar-refractivity contribution in [1.82, 2.24) is 0 Å². The maximum atomic E-state index is 15.4. The van der Waals surface area contributed by atoms with Gasteiger partial charge >= 0.3 is 0 Å². The standard InChI is InChI=1S/C23H27FINO3Si/c1-15-21(30(2,3)24)20(11-12-27)29-23(15)18-13-17(25)9-10-19(18)26(22(23)28)14-16-7-5-4-6-8-16/h4-10,13,15,20-21,27H,11-12,14H2,1-3H3/t15-,20+,21-,23+/m1/s1. The molecule has 4 rings (SSSR count). The molecule has 0 unspecified atom stereocenters. The molecule has 2 heterocycles. The number of aliphatic hydroxyl groups excluding tert-OH is 1. The third-order valence-electron chi connectivity index (χ3n) is 6.52. The van der Waals surface area contributed by atoms with E-state index in [2.05, 4.69) is 22.6 Å². The second kappa shape index (κ2) is 8.00. The number of carbonyl (C=O) groups excluding carboxylic acids is 1. The van der Waals surface area contributed by atoms with Crippen molar-refractivity contribution in [3.63, 3.8) is 0 Å². The Morgan fingerprint density at radius 2 is 1.93 bits per heavy atom. The van der Waals surface area contributed by atoms with Gasteiger partial charge in [-0.3, -0.25) is 4.79 Å². The van der Waals surface area contributed by atoms with E-state index in [9.17, 15) is 9.90 Å². The number of hydrogen-bond acceptors (Lipinski definition) is 3. The number of aliphatic hydroxyl groups is 1. The Labute approximate surface area is 191 Å². The van der Waals surface area contributed by atoms with Gasteiger partial charge in [-0.15, -0.1) is 0 Å². The lowest BCUT2D eigenvalue weighted by atomic mass is 9.82. The molecule has 4 nitrogen and oxygen atoms in total. The molecule has 1 saturated heterocycles. The average Bonchev–Trinajstić information content (AvgIpc) is 3.10. The highest BCUT2D eigenvalue weighted by molar-refractivity contribution is 14.1. The molecule has 160 valence electrons. The Morgan fingerprint density at radius 1 is 1.23 bits per heavy atom. The minimum absolute atomic E-state index is 0.0877. The van der Waals surface area contributed by atoms with Crippen molar-refractivity contribution in [2.75, 3.05) is 11.5 Å². The van der Waals surface area contributed by atoms with E-state index < -0.39 is 20.1 Å². The molecule has 1 N–H and O–H groups in total. The van der Waals surface area contributed by atoms with Gasteiger partial charge in [-0.25, -0.2) is 0 Å². The van der Waals surface area contributed by atoms with Crippen LogP contribution in [0.25, 0.3) is 0 Å². The van der Waals surface area contributed by atoms with Crippen LogP contribution in [-0.4, -0.2) is 32.1 Å². The van der Waals surface area contributed by atoms with Crippen LogP contribution in [0, 0.1) is 9.49 Å². The first-order valence-corrected chi connectivity index (χ1v) is 14.4. The number of halogens is 2. The van der Waals surface area contributed by atoms with Gasteiger partial charge in [-0.2, -0.15) is 0 Å². The molecule has 1 amide bonds. The number of anilines is 1. The van der Waals surface area contributed by atoms with Crippen LogP contribution >= 0.6 is 22.6 Å². The summed E-state index contributed by atoms with van der Waals surface area (Å²) in [7, 11) is -3.15. The van der Waals surface area contributed by atoms with Crippen molar-refractivity contribution in [1.29, 1.82) is 0 Å². The maximum absolute atomic E-state index is 15.4. The number of benzene rings is 2. The summed E-state index contributed by atoms with van der Waals surface area (Å²) >= 11 is 2.24. The third kappa shape index (κ3) is 3.43. The SMILES string of the molecule is C[C@@H]1[C@@H]([Si](C)(C)F)[C@H](CCO)O[C@@]12C(=O)N(Cc1ccccc1)c1ccc(I)cc12. The highest BCUT2D eigenvalue weighted by Gasteiger charge is 2.66. The lowest BCUT2D eigenvalue weighted by Gasteiger charge is -2.31. The second-order valence-corrected chi connectivity index (χ2v) is 13.9. The van der Waals surface area contributed by atoms with Gasteiger partial charge in [0, 0.05) is 27.2 Å². The predicted molar refractivity (Wildman–Crippen MR) is 127 cm³/mol. The Kier molecular flexibility index (Phi) is 5.84. The number of carbonyl (C=O) groups is 1. The minimum Gasteiger partial charge on any atom is -0.396 e. The number of fused-ring (bicyclic) bond motifs is 2. The maximum Gasteiger partial charge on any atom is 0.264 e. The van der Waals surface area contributed by atoms with Crippen LogP contribution in [0.4, 0.5) is 9.80 Å². The number of hydrogen-bond donors (Lipinski definition) is 1. The summed E-state index contributed by atoms with van der Waals surface area (Å²) in [5.74, 6) is -0.439. The number of ether oxygens (including phenoxy) is 1. The molecule has 2 aliphatic rings. The van der Waals surface area contributed by atoms with Crippen LogP contribution < -0.4 is 4.90 Å². The fourth-order valence-corrected chi connectivity index (χ4v) is 8.37. The van der Waals surface area contributed by atoms with E-state index in [1.54, 1.807) is 18.0 Å². The first-order chi connectivity index (χ1) is 14.2. The highest BCUT2D eigenvalue weighted by atomic mass is 127. The minimum atomic E-state index is -3.15. The van der Waals surface area contributed by atoms with E-state index in [0.29, 0.717) is 13.0 Å².